The third-order valence-electron chi connectivity index (χ3n) is 3.94. The number of anilines is 5. The highest BCUT2D eigenvalue weighted by Crippen LogP contribution is 2.28. The van der Waals surface area contributed by atoms with Gasteiger partial charge in [0.25, 0.3) is 0 Å². The normalized spacial score (nSPS) is 13.3. The molecule has 0 saturated heterocycles. The predicted octanol–water partition coefficient (Wildman–Crippen LogP) is 4.18. The van der Waals surface area contributed by atoms with Gasteiger partial charge in [0.15, 0.2) is 0 Å². The van der Waals surface area contributed by atoms with Gasteiger partial charge in [0.05, 0.1) is 0 Å². The molecule has 0 aliphatic heterocycles. The summed E-state index contributed by atoms with van der Waals surface area (Å²) in [4.78, 5) is 13.5. The summed E-state index contributed by atoms with van der Waals surface area (Å²) in [5, 5.41) is 9.78. The van der Waals surface area contributed by atoms with Gasteiger partial charge < -0.3 is 16.0 Å². The van der Waals surface area contributed by atoms with Crippen LogP contribution in [0, 0.1) is 5.92 Å². The topological polar surface area (TPSA) is 74.8 Å². The van der Waals surface area contributed by atoms with Crippen LogP contribution in [0.3, 0.4) is 0 Å². The molecule has 2 aromatic carbocycles. The molecule has 1 heterocycles. The first-order valence-corrected chi connectivity index (χ1v) is 8.49. The van der Waals surface area contributed by atoms with Gasteiger partial charge in [0, 0.05) is 17.9 Å². The lowest BCUT2D eigenvalue weighted by molar-refractivity contribution is 0.870. The van der Waals surface area contributed by atoms with E-state index in [1.165, 1.54) is 12.8 Å². The maximum absolute atomic E-state index is 4.49. The quantitative estimate of drug-likeness (QED) is 0.603. The molecule has 1 fully saturated rings. The average Bonchev–Trinajstić information content (AvgIpc) is 3.46. The van der Waals surface area contributed by atoms with Crippen LogP contribution in [0.15, 0.2) is 60.7 Å². The smallest absolute Gasteiger partial charge is 0.233 e. The molecule has 0 atom stereocenters. The van der Waals surface area contributed by atoms with E-state index in [1.807, 2.05) is 60.7 Å². The molecule has 6 heteroatoms. The maximum atomic E-state index is 4.49. The van der Waals surface area contributed by atoms with Crippen molar-refractivity contribution < 1.29 is 0 Å². The van der Waals surface area contributed by atoms with Gasteiger partial charge in [-0.15, -0.1) is 0 Å². The van der Waals surface area contributed by atoms with Crippen molar-refractivity contribution in [2.24, 2.45) is 5.92 Å². The molecule has 3 N–H and O–H groups in total. The zero-order valence-corrected chi connectivity index (χ0v) is 13.8. The molecule has 0 unspecified atom stereocenters. The summed E-state index contributed by atoms with van der Waals surface area (Å²) in [5.74, 6) is 2.35. The Morgan fingerprint density at radius 1 is 0.680 bits per heavy atom. The summed E-state index contributed by atoms with van der Waals surface area (Å²) < 4.78 is 0. The second-order valence-electron chi connectivity index (χ2n) is 6.11. The Bertz CT molecular complexity index is 758. The molecule has 1 aliphatic carbocycles. The summed E-state index contributed by atoms with van der Waals surface area (Å²) in [6.07, 6.45) is 2.56. The van der Waals surface area contributed by atoms with E-state index < -0.39 is 0 Å². The minimum absolute atomic E-state index is 0.512. The van der Waals surface area contributed by atoms with Gasteiger partial charge in [-0.05, 0) is 43.0 Å². The minimum Gasteiger partial charge on any atom is -0.354 e. The Morgan fingerprint density at radius 2 is 1.16 bits per heavy atom. The van der Waals surface area contributed by atoms with Crippen LogP contribution >= 0.6 is 0 Å². The number of rotatable bonds is 7. The number of hydrogen-bond acceptors (Lipinski definition) is 6. The van der Waals surface area contributed by atoms with E-state index in [0.29, 0.717) is 17.8 Å². The van der Waals surface area contributed by atoms with E-state index in [-0.39, 0.29) is 0 Å². The first-order chi connectivity index (χ1) is 12.3. The van der Waals surface area contributed by atoms with Crippen molar-refractivity contribution in [3.8, 4) is 0 Å². The molecule has 6 nitrogen and oxygen atoms in total. The lowest BCUT2D eigenvalue weighted by atomic mass is 10.3. The lowest BCUT2D eigenvalue weighted by Gasteiger charge is -2.11. The summed E-state index contributed by atoms with van der Waals surface area (Å²) >= 11 is 0. The fourth-order valence-electron chi connectivity index (χ4n) is 2.43. The fourth-order valence-corrected chi connectivity index (χ4v) is 2.43. The molecule has 126 valence electrons. The van der Waals surface area contributed by atoms with Crippen molar-refractivity contribution in [1.29, 1.82) is 0 Å². The van der Waals surface area contributed by atoms with E-state index in [0.717, 1.165) is 23.8 Å². The van der Waals surface area contributed by atoms with Crippen LogP contribution in [0.1, 0.15) is 12.8 Å². The fraction of sp³-hybridized carbons (Fsp3) is 0.211. The van der Waals surface area contributed by atoms with Gasteiger partial charge in [0.1, 0.15) is 0 Å². The van der Waals surface area contributed by atoms with Crippen molar-refractivity contribution in [3.05, 3.63) is 60.7 Å². The predicted molar refractivity (Wildman–Crippen MR) is 100 cm³/mol. The summed E-state index contributed by atoms with van der Waals surface area (Å²) in [6, 6.07) is 19.7. The second-order valence-corrected chi connectivity index (χ2v) is 6.11. The highest BCUT2D eigenvalue weighted by Gasteiger charge is 2.21. The number of hydrogen-bond donors (Lipinski definition) is 3. The van der Waals surface area contributed by atoms with E-state index in [2.05, 4.69) is 30.9 Å². The molecule has 1 aliphatic rings. The van der Waals surface area contributed by atoms with Crippen molar-refractivity contribution in [2.45, 2.75) is 12.8 Å². The van der Waals surface area contributed by atoms with E-state index >= 15 is 0 Å². The number of benzene rings is 2. The molecule has 1 aromatic heterocycles. The molecule has 3 aromatic rings. The van der Waals surface area contributed by atoms with Crippen LogP contribution in [0.5, 0.6) is 0 Å². The lowest BCUT2D eigenvalue weighted by Crippen LogP contribution is -2.11. The van der Waals surface area contributed by atoms with Crippen LogP contribution in [0.4, 0.5) is 29.2 Å². The van der Waals surface area contributed by atoms with Gasteiger partial charge in [0.2, 0.25) is 17.8 Å². The monoisotopic (exact) mass is 332 g/mol. The standard InChI is InChI=1S/C19H20N6/c1-3-7-15(8-4-1)21-18-23-17(20-13-14-11-12-14)24-19(25-18)22-16-9-5-2-6-10-16/h1-10,14H,11-13H2,(H3,20,21,22,23,24,25). The number of nitrogens with zero attached hydrogens (tertiary/aromatic N) is 3. The molecule has 25 heavy (non-hydrogen) atoms. The van der Waals surface area contributed by atoms with Crippen LogP contribution in [0.2, 0.25) is 0 Å². The molecule has 0 bridgehead atoms. The second kappa shape index (κ2) is 7.17. The number of aromatic nitrogens is 3. The third-order valence-corrected chi connectivity index (χ3v) is 3.94. The highest BCUT2D eigenvalue weighted by atomic mass is 15.3. The number of para-hydroxylation sites is 2. The minimum atomic E-state index is 0.512. The number of nitrogens with one attached hydrogen (secondary N) is 3. The Kier molecular flexibility index (Phi) is 4.41. The van der Waals surface area contributed by atoms with E-state index in [9.17, 15) is 0 Å². The Hall–Kier alpha value is -3.15. The van der Waals surface area contributed by atoms with Gasteiger partial charge in [-0.2, -0.15) is 15.0 Å². The summed E-state index contributed by atoms with van der Waals surface area (Å²) in [6.45, 7) is 0.902. The highest BCUT2D eigenvalue weighted by molar-refractivity contribution is 5.58. The molecule has 0 spiro atoms. The van der Waals surface area contributed by atoms with Crippen molar-refractivity contribution in [3.63, 3.8) is 0 Å². The van der Waals surface area contributed by atoms with Crippen molar-refractivity contribution in [1.82, 2.24) is 15.0 Å². The van der Waals surface area contributed by atoms with Crippen molar-refractivity contribution >= 4 is 29.2 Å². The van der Waals surface area contributed by atoms with E-state index in [1.54, 1.807) is 0 Å². The zero-order valence-electron chi connectivity index (χ0n) is 13.8. The first-order valence-electron chi connectivity index (χ1n) is 8.49. The zero-order chi connectivity index (χ0) is 16.9. The largest absolute Gasteiger partial charge is 0.354 e. The molecule has 0 amide bonds. The summed E-state index contributed by atoms with van der Waals surface area (Å²) in [7, 11) is 0. The molecule has 0 radical (unpaired) electrons. The third kappa shape index (κ3) is 4.44. The van der Waals surface area contributed by atoms with Gasteiger partial charge in [-0.3, -0.25) is 0 Å². The van der Waals surface area contributed by atoms with Crippen LogP contribution < -0.4 is 16.0 Å². The molecular weight excluding hydrogens is 312 g/mol. The maximum Gasteiger partial charge on any atom is 0.233 e. The van der Waals surface area contributed by atoms with Gasteiger partial charge in [-0.25, -0.2) is 0 Å². The Labute approximate surface area is 146 Å². The van der Waals surface area contributed by atoms with E-state index in [4.69, 9.17) is 0 Å². The van der Waals surface area contributed by atoms with Crippen LogP contribution in [-0.4, -0.2) is 21.5 Å². The average molecular weight is 332 g/mol. The van der Waals surface area contributed by atoms with Crippen molar-refractivity contribution in [2.75, 3.05) is 22.5 Å². The van der Waals surface area contributed by atoms with Gasteiger partial charge >= 0.3 is 0 Å². The summed E-state index contributed by atoms with van der Waals surface area (Å²) in [5.41, 5.74) is 1.88. The SMILES string of the molecule is c1ccc(Nc2nc(NCC3CC3)nc(Nc3ccccc3)n2)cc1. The van der Waals surface area contributed by atoms with Crippen LogP contribution in [-0.2, 0) is 0 Å². The Balaban J connectivity index is 1.57. The Morgan fingerprint density at radius 3 is 1.64 bits per heavy atom. The molecule has 1 saturated carbocycles. The molecular formula is C19H20N6. The van der Waals surface area contributed by atoms with Gasteiger partial charge in [-0.1, -0.05) is 36.4 Å². The van der Waals surface area contributed by atoms with Crippen LogP contribution in [0.25, 0.3) is 0 Å². The first kappa shape index (κ1) is 15.4. The molecule has 4 rings (SSSR count).